The smallest absolute Gasteiger partial charge is 0.335 e. The van der Waals surface area contributed by atoms with E-state index in [1.165, 1.54) is 13.8 Å². The number of carbonyl (C=O) groups excluding carboxylic acids is 1. The number of carboxylic acids is 1. The number of ketones is 1. The highest BCUT2D eigenvalue weighted by Gasteiger charge is 2.56. The molecule has 2 fully saturated rings. The van der Waals surface area contributed by atoms with E-state index in [0.29, 0.717) is 0 Å². The molecule has 1 saturated heterocycles. The van der Waals surface area contributed by atoms with Gasteiger partial charge in [0, 0.05) is 10.9 Å². The minimum Gasteiger partial charge on any atom is -0.507 e. The van der Waals surface area contributed by atoms with Gasteiger partial charge >= 0.3 is 5.97 Å². The molecule has 0 spiro atoms. The molecule has 2 aliphatic rings. The van der Waals surface area contributed by atoms with Crippen molar-refractivity contribution in [3.63, 3.8) is 0 Å². The Morgan fingerprint density at radius 2 is 1.76 bits per heavy atom. The van der Waals surface area contributed by atoms with Crippen molar-refractivity contribution in [3.8, 4) is 17.2 Å². The number of phenolic OH excluding ortho intramolecular Hbond substituents is 2. The number of carbonyl (C=O) groups is 2. The lowest BCUT2D eigenvalue weighted by Gasteiger charge is -2.49. The standard InChI is InChI=1S/C27H34O11/c1-12-19(13(2)29)22(31)20-16(21(12)30)8-15(25(34)35)9-17(20)37-26-23(32)24(33)27(36,18(11-28)38-26)10-14-6-4-3-5-7-14/h8-9,14,18,23-24,26,28,30-33,36H,3-7,10-11H2,1-2H3,(H,34,35)/t18-,23-,24-,26+,27-/m1/s1. The first kappa shape index (κ1) is 28.1. The highest BCUT2D eigenvalue weighted by molar-refractivity contribution is 6.11. The fourth-order valence-corrected chi connectivity index (χ4v) is 5.84. The van der Waals surface area contributed by atoms with Crippen LogP contribution in [0.5, 0.6) is 17.2 Å². The van der Waals surface area contributed by atoms with Gasteiger partial charge in [-0.05, 0) is 38.3 Å². The quantitative estimate of drug-likeness (QED) is 0.203. The molecule has 0 amide bonds. The zero-order chi connectivity index (χ0) is 27.9. The zero-order valence-electron chi connectivity index (χ0n) is 21.3. The normalized spacial score (nSPS) is 28.4. The Balaban J connectivity index is 1.76. The number of aliphatic hydroxyl groups is 4. The van der Waals surface area contributed by atoms with Gasteiger partial charge in [0.15, 0.2) is 5.78 Å². The number of hydrogen-bond donors (Lipinski definition) is 7. The number of Topliss-reactive ketones (excluding diaryl/α,β-unsaturated/α-hetero) is 1. The Labute approximate surface area is 218 Å². The largest absolute Gasteiger partial charge is 0.507 e. The summed E-state index contributed by atoms with van der Waals surface area (Å²) >= 11 is 0. The third-order valence-electron chi connectivity index (χ3n) is 7.88. The Kier molecular flexibility index (Phi) is 7.87. The lowest BCUT2D eigenvalue weighted by atomic mass is 9.74. The predicted octanol–water partition coefficient (Wildman–Crippen LogP) is 1.98. The second kappa shape index (κ2) is 10.7. The molecule has 0 unspecified atom stereocenters. The first-order chi connectivity index (χ1) is 17.9. The molecule has 1 saturated carbocycles. The van der Waals surface area contributed by atoms with Gasteiger partial charge in [0.2, 0.25) is 6.29 Å². The van der Waals surface area contributed by atoms with E-state index in [9.17, 15) is 45.3 Å². The molecule has 38 heavy (non-hydrogen) atoms. The van der Waals surface area contributed by atoms with Crippen LogP contribution in [0.2, 0.25) is 0 Å². The number of phenols is 2. The van der Waals surface area contributed by atoms with E-state index in [2.05, 4.69) is 0 Å². The minimum absolute atomic E-state index is 0.0356. The van der Waals surface area contributed by atoms with Gasteiger partial charge in [-0.3, -0.25) is 4.79 Å². The number of benzene rings is 2. The van der Waals surface area contributed by atoms with Crippen molar-refractivity contribution in [2.45, 2.75) is 82.6 Å². The van der Waals surface area contributed by atoms with Crippen LogP contribution in [0.4, 0.5) is 0 Å². The summed E-state index contributed by atoms with van der Waals surface area (Å²) in [6, 6.07) is 2.12. The van der Waals surface area contributed by atoms with Gasteiger partial charge in [0.25, 0.3) is 0 Å². The maximum atomic E-state index is 12.2. The predicted molar refractivity (Wildman–Crippen MR) is 134 cm³/mol. The molecule has 11 nitrogen and oxygen atoms in total. The van der Waals surface area contributed by atoms with E-state index >= 15 is 0 Å². The number of hydrogen-bond acceptors (Lipinski definition) is 10. The lowest BCUT2D eigenvalue weighted by molar-refractivity contribution is -0.317. The summed E-state index contributed by atoms with van der Waals surface area (Å²) in [6.45, 7) is 1.87. The molecule has 2 aromatic carbocycles. The van der Waals surface area contributed by atoms with E-state index in [4.69, 9.17) is 9.47 Å². The number of carboxylic acid groups (broad SMARTS) is 1. The highest BCUT2D eigenvalue weighted by atomic mass is 16.7. The Bertz CT molecular complexity index is 1230. The van der Waals surface area contributed by atoms with Gasteiger partial charge in [-0.1, -0.05) is 32.1 Å². The summed E-state index contributed by atoms with van der Waals surface area (Å²) in [6.07, 6.45) is -1.89. The van der Waals surface area contributed by atoms with Gasteiger partial charge in [-0.15, -0.1) is 0 Å². The molecule has 0 radical (unpaired) electrons. The van der Waals surface area contributed by atoms with Crippen LogP contribution in [0.1, 0.15) is 71.7 Å². The average molecular weight is 535 g/mol. The van der Waals surface area contributed by atoms with Gasteiger partial charge in [-0.2, -0.15) is 0 Å². The number of ether oxygens (including phenoxy) is 2. The van der Waals surface area contributed by atoms with Crippen molar-refractivity contribution < 1.29 is 54.8 Å². The maximum Gasteiger partial charge on any atom is 0.335 e. The Morgan fingerprint density at radius 3 is 2.34 bits per heavy atom. The first-order valence-corrected chi connectivity index (χ1v) is 12.7. The van der Waals surface area contributed by atoms with Crippen molar-refractivity contribution in [1.82, 2.24) is 0 Å². The fourth-order valence-electron chi connectivity index (χ4n) is 5.84. The molecule has 11 heteroatoms. The van der Waals surface area contributed by atoms with E-state index in [-0.39, 0.29) is 45.6 Å². The monoisotopic (exact) mass is 534 g/mol. The van der Waals surface area contributed by atoms with Crippen molar-refractivity contribution >= 4 is 22.5 Å². The second-order valence-corrected chi connectivity index (χ2v) is 10.4. The van der Waals surface area contributed by atoms with Crippen LogP contribution in [-0.2, 0) is 4.74 Å². The van der Waals surface area contributed by atoms with Gasteiger partial charge in [-0.25, -0.2) is 4.79 Å². The number of aromatic hydroxyl groups is 2. The van der Waals surface area contributed by atoms with Crippen LogP contribution < -0.4 is 4.74 Å². The Hall–Kier alpha value is -2.96. The number of rotatable bonds is 7. The SMILES string of the molecule is CC(=O)c1c(C)c(O)c2cc(C(=O)O)cc(O[C@H]3O[C@H](CO)[C@](O)(CC4CCCCC4)[C@H](O)[C@H]3O)c2c1O. The highest BCUT2D eigenvalue weighted by Crippen LogP contribution is 2.46. The van der Waals surface area contributed by atoms with E-state index in [1.807, 2.05) is 0 Å². The van der Waals surface area contributed by atoms with Crippen LogP contribution in [-0.4, -0.2) is 84.3 Å². The number of aromatic carboxylic acids is 1. The molecule has 208 valence electrons. The summed E-state index contributed by atoms with van der Waals surface area (Å²) < 4.78 is 11.5. The van der Waals surface area contributed by atoms with Crippen molar-refractivity contribution in [3.05, 3.63) is 28.8 Å². The fraction of sp³-hybridized carbons (Fsp3) is 0.556. The summed E-state index contributed by atoms with van der Waals surface area (Å²) in [7, 11) is 0. The summed E-state index contributed by atoms with van der Waals surface area (Å²) in [5.74, 6) is -3.27. The molecule has 1 aliphatic carbocycles. The first-order valence-electron chi connectivity index (χ1n) is 12.7. The van der Waals surface area contributed by atoms with Crippen LogP contribution >= 0.6 is 0 Å². The summed E-state index contributed by atoms with van der Waals surface area (Å²) in [5, 5.41) is 74.3. The molecule has 1 heterocycles. The molecular weight excluding hydrogens is 500 g/mol. The van der Waals surface area contributed by atoms with Crippen molar-refractivity contribution in [1.29, 1.82) is 0 Å². The average Bonchev–Trinajstić information content (AvgIpc) is 2.87. The maximum absolute atomic E-state index is 12.2. The number of aliphatic hydroxyl groups excluding tert-OH is 3. The summed E-state index contributed by atoms with van der Waals surface area (Å²) in [5.41, 5.74) is -2.48. The van der Waals surface area contributed by atoms with E-state index in [0.717, 1.165) is 44.2 Å². The number of fused-ring (bicyclic) bond motifs is 1. The Morgan fingerprint density at radius 1 is 1.11 bits per heavy atom. The van der Waals surface area contributed by atoms with Crippen LogP contribution in [0.3, 0.4) is 0 Å². The molecule has 0 bridgehead atoms. The molecule has 0 aromatic heterocycles. The lowest BCUT2D eigenvalue weighted by Crippen LogP contribution is -2.68. The molecule has 2 aromatic rings. The molecular formula is C27H34O11. The van der Waals surface area contributed by atoms with E-state index in [1.54, 1.807) is 0 Å². The van der Waals surface area contributed by atoms with Crippen LogP contribution in [0.15, 0.2) is 12.1 Å². The molecule has 5 atom stereocenters. The van der Waals surface area contributed by atoms with Gasteiger partial charge in [0.05, 0.1) is 23.1 Å². The molecule has 7 N–H and O–H groups in total. The zero-order valence-corrected chi connectivity index (χ0v) is 21.3. The van der Waals surface area contributed by atoms with E-state index < -0.39 is 60.1 Å². The minimum atomic E-state index is -1.97. The van der Waals surface area contributed by atoms with Gasteiger partial charge < -0.3 is 45.2 Å². The third-order valence-corrected chi connectivity index (χ3v) is 7.88. The molecule has 1 aliphatic heterocycles. The topological polar surface area (TPSA) is 194 Å². The second-order valence-electron chi connectivity index (χ2n) is 10.4. The van der Waals surface area contributed by atoms with Crippen molar-refractivity contribution in [2.24, 2.45) is 5.92 Å². The van der Waals surface area contributed by atoms with Crippen LogP contribution in [0.25, 0.3) is 10.8 Å². The third kappa shape index (κ3) is 4.80. The molecule has 4 rings (SSSR count). The van der Waals surface area contributed by atoms with Gasteiger partial charge in [0.1, 0.15) is 41.2 Å². The van der Waals surface area contributed by atoms with Crippen molar-refractivity contribution in [2.75, 3.05) is 6.61 Å². The summed E-state index contributed by atoms with van der Waals surface area (Å²) in [4.78, 5) is 24.0. The van der Waals surface area contributed by atoms with Crippen LogP contribution in [0, 0.1) is 12.8 Å².